The molecule has 0 bridgehead atoms. The van der Waals surface area contributed by atoms with Gasteiger partial charge in [-0.25, -0.2) is 9.66 Å². The van der Waals surface area contributed by atoms with E-state index >= 15 is 0 Å². The van der Waals surface area contributed by atoms with Gasteiger partial charge in [0.25, 0.3) is 0 Å². The molecule has 3 aromatic rings. The van der Waals surface area contributed by atoms with Gasteiger partial charge >= 0.3 is 0 Å². The third kappa shape index (κ3) is 6.05. The molecule has 1 unspecified atom stereocenters. The minimum atomic E-state index is -0.534. The van der Waals surface area contributed by atoms with Crippen molar-refractivity contribution in [2.75, 3.05) is 11.2 Å². The van der Waals surface area contributed by atoms with Gasteiger partial charge in [-0.1, -0.05) is 67.9 Å². The Labute approximate surface area is 200 Å². The second kappa shape index (κ2) is 9.97. The molecule has 0 aliphatic carbocycles. The third-order valence-corrected chi connectivity index (χ3v) is 6.08. The fourth-order valence-electron chi connectivity index (χ4n) is 2.62. The molecule has 1 amide bonds. The number of benzene rings is 1. The SMILES string of the molecule is CC(Sc1nnc(COc2ccc(C(C)(C)C)cc2)n1N)C(=O)Nc1ncc(Cl)cc1Cl. The predicted octanol–water partition coefficient (Wildman–Crippen LogP) is 4.69. The van der Waals surface area contributed by atoms with Crippen molar-refractivity contribution in [2.24, 2.45) is 0 Å². The summed E-state index contributed by atoms with van der Waals surface area (Å²) in [6.45, 7) is 8.32. The average Bonchev–Trinajstić information content (AvgIpc) is 3.07. The maximum atomic E-state index is 12.5. The lowest BCUT2D eigenvalue weighted by molar-refractivity contribution is -0.115. The first-order chi connectivity index (χ1) is 15.0. The van der Waals surface area contributed by atoms with Crippen LogP contribution in [0.2, 0.25) is 10.0 Å². The molecule has 0 aliphatic rings. The molecular formula is C21H24Cl2N6O2S. The summed E-state index contributed by atoms with van der Waals surface area (Å²) >= 11 is 13.0. The second-order valence-electron chi connectivity index (χ2n) is 8.07. The summed E-state index contributed by atoms with van der Waals surface area (Å²) in [5, 5.41) is 11.3. The highest BCUT2D eigenvalue weighted by atomic mass is 35.5. The number of amides is 1. The van der Waals surface area contributed by atoms with Gasteiger partial charge in [0.05, 0.1) is 15.3 Å². The van der Waals surface area contributed by atoms with Crippen LogP contribution in [0.15, 0.2) is 41.7 Å². The van der Waals surface area contributed by atoms with Crippen LogP contribution in [0, 0.1) is 0 Å². The first-order valence-corrected chi connectivity index (χ1v) is 11.4. The van der Waals surface area contributed by atoms with E-state index in [4.69, 9.17) is 33.8 Å². The summed E-state index contributed by atoms with van der Waals surface area (Å²) in [5.74, 6) is 7.16. The van der Waals surface area contributed by atoms with Crippen LogP contribution in [0.4, 0.5) is 5.82 Å². The van der Waals surface area contributed by atoms with E-state index in [2.05, 4.69) is 41.3 Å². The minimum absolute atomic E-state index is 0.0695. The van der Waals surface area contributed by atoms with Crippen molar-refractivity contribution in [3.8, 4) is 5.75 Å². The molecule has 0 radical (unpaired) electrons. The first-order valence-electron chi connectivity index (χ1n) is 9.76. The van der Waals surface area contributed by atoms with Gasteiger partial charge in [0.1, 0.15) is 12.4 Å². The lowest BCUT2D eigenvalue weighted by atomic mass is 9.87. The molecule has 170 valence electrons. The highest BCUT2D eigenvalue weighted by molar-refractivity contribution is 8.00. The molecule has 8 nitrogen and oxygen atoms in total. The molecule has 0 saturated heterocycles. The van der Waals surface area contributed by atoms with Gasteiger partial charge < -0.3 is 15.9 Å². The van der Waals surface area contributed by atoms with Crippen LogP contribution in [0.5, 0.6) is 5.75 Å². The molecule has 3 N–H and O–H groups in total. The molecule has 2 aromatic heterocycles. The smallest absolute Gasteiger partial charge is 0.238 e. The van der Waals surface area contributed by atoms with E-state index in [1.807, 2.05) is 24.3 Å². The molecule has 3 rings (SSSR count). The van der Waals surface area contributed by atoms with Gasteiger partial charge in [0, 0.05) is 6.20 Å². The number of ether oxygens (including phenoxy) is 1. The number of nitrogen functional groups attached to an aromatic ring is 1. The van der Waals surface area contributed by atoms with E-state index in [0.717, 1.165) is 11.8 Å². The van der Waals surface area contributed by atoms with Crippen LogP contribution >= 0.6 is 35.0 Å². The fraction of sp³-hybridized carbons (Fsp3) is 0.333. The molecule has 0 aliphatic heterocycles. The monoisotopic (exact) mass is 494 g/mol. The molecule has 11 heteroatoms. The first kappa shape index (κ1) is 24.2. The number of hydrogen-bond donors (Lipinski definition) is 2. The van der Waals surface area contributed by atoms with E-state index in [0.29, 0.717) is 21.8 Å². The number of carbonyl (C=O) groups is 1. The van der Waals surface area contributed by atoms with Gasteiger partial charge in [-0.15, -0.1) is 10.2 Å². The molecule has 1 aromatic carbocycles. The van der Waals surface area contributed by atoms with Gasteiger partial charge in [0.15, 0.2) is 11.6 Å². The molecule has 0 spiro atoms. The summed E-state index contributed by atoms with van der Waals surface area (Å²) < 4.78 is 7.09. The van der Waals surface area contributed by atoms with Crippen molar-refractivity contribution >= 4 is 46.7 Å². The highest BCUT2D eigenvalue weighted by Gasteiger charge is 2.21. The number of aromatic nitrogens is 4. The summed E-state index contributed by atoms with van der Waals surface area (Å²) in [5.41, 5.74) is 1.29. The number of halogens is 2. The Morgan fingerprint density at radius 3 is 2.56 bits per heavy atom. The Balaban J connectivity index is 1.58. The topological polar surface area (TPSA) is 108 Å². The number of nitrogens with one attached hydrogen (secondary N) is 1. The fourth-order valence-corrected chi connectivity index (χ4v) is 3.84. The Kier molecular flexibility index (Phi) is 7.53. The lowest BCUT2D eigenvalue weighted by Gasteiger charge is -2.19. The zero-order chi connectivity index (χ0) is 23.5. The van der Waals surface area contributed by atoms with E-state index in [-0.39, 0.29) is 28.8 Å². The maximum Gasteiger partial charge on any atom is 0.238 e. The minimum Gasteiger partial charge on any atom is -0.486 e. The van der Waals surface area contributed by atoms with Crippen LogP contribution in [-0.2, 0) is 16.8 Å². The van der Waals surface area contributed by atoms with E-state index in [9.17, 15) is 4.79 Å². The molecule has 0 fully saturated rings. The zero-order valence-corrected chi connectivity index (χ0v) is 20.4. The van der Waals surface area contributed by atoms with E-state index in [1.54, 1.807) is 6.92 Å². The standard InChI is InChI=1S/C21H24Cl2N6O2S/c1-12(19(30)26-18-16(23)9-14(22)10-25-18)32-20-28-27-17(29(20)24)11-31-15-7-5-13(6-8-15)21(2,3)4/h5-10,12H,11,24H2,1-4H3,(H,25,26,30). The molecule has 0 saturated carbocycles. The highest BCUT2D eigenvalue weighted by Crippen LogP contribution is 2.27. The van der Waals surface area contributed by atoms with E-state index in [1.165, 1.54) is 22.5 Å². The zero-order valence-electron chi connectivity index (χ0n) is 18.1. The largest absolute Gasteiger partial charge is 0.486 e. The number of rotatable bonds is 7. The van der Waals surface area contributed by atoms with Gasteiger partial charge in [0.2, 0.25) is 11.1 Å². The van der Waals surface area contributed by atoms with Crippen molar-refractivity contribution in [1.82, 2.24) is 19.9 Å². The van der Waals surface area contributed by atoms with Crippen molar-refractivity contribution in [3.63, 3.8) is 0 Å². The van der Waals surface area contributed by atoms with Crippen molar-refractivity contribution < 1.29 is 9.53 Å². The lowest BCUT2D eigenvalue weighted by Crippen LogP contribution is -2.24. The van der Waals surface area contributed by atoms with Gasteiger partial charge in [-0.05, 0) is 36.1 Å². The molecule has 2 heterocycles. The van der Waals surface area contributed by atoms with Crippen LogP contribution in [-0.4, -0.2) is 31.0 Å². The van der Waals surface area contributed by atoms with Crippen LogP contribution < -0.4 is 15.9 Å². The molecular weight excluding hydrogens is 471 g/mol. The quantitative estimate of drug-likeness (QED) is 0.362. The van der Waals surface area contributed by atoms with Gasteiger partial charge in [-0.2, -0.15) is 0 Å². The molecule has 1 atom stereocenters. The van der Waals surface area contributed by atoms with Gasteiger partial charge in [-0.3, -0.25) is 4.79 Å². The van der Waals surface area contributed by atoms with Crippen molar-refractivity contribution in [1.29, 1.82) is 0 Å². The third-order valence-electron chi connectivity index (χ3n) is 4.52. The predicted molar refractivity (Wildman–Crippen MR) is 128 cm³/mol. The number of carbonyl (C=O) groups excluding carboxylic acids is 1. The summed E-state index contributed by atoms with van der Waals surface area (Å²) in [6, 6.07) is 9.40. The average molecular weight is 495 g/mol. The van der Waals surface area contributed by atoms with Crippen LogP contribution in [0.1, 0.15) is 39.1 Å². The van der Waals surface area contributed by atoms with E-state index < -0.39 is 5.25 Å². The number of thioether (sulfide) groups is 1. The number of pyridine rings is 1. The normalized spacial score (nSPS) is 12.4. The molecule has 32 heavy (non-hydrogen) atoms. The Morgan fingerprint density at radius 2 is 1.94 bits per heavy atom. The van der Waals surface area contributed by atoms with Crippen LogP contribution in [0.25, 0.3) is 0 Å². The summed E-state index contributed by atoms with van der Waals surface area (Å²) in [4.78, 5) is 16.5. The second-order valence-corrected chi connectivity index (χ2v) is 10.2. The Morgan fingerprint density at radius 1 is 1.25 bits per heavy atom. The summed E-state index contributed by atoms with van der Waals surface area (Å²) in [6.07, 6.45) is 1.40. The number of anilines is 1. The maximum absolute atomic E-state index is 12.5. The van der Waals surface area contributed by atoms with Crippen LogP contribution in [0.3, 0.4) is 0 Å². The number of nitrogens with zero attached hydrogens (tertiary/aromatic N) is 4. The number of nitrogens with two attached hydrogens (primary N) is 1. The van der Waals surface area contributed by atoms with Crippen molar-refractivity contribution in [3.05, 3.63) is 58.0 Å². The Bertz CT molecular complexity index is 1100. The number of hydrogen-bond acceptors (Lipinski definition) is 7. The Hall–Kier alpha value is -2.49. The van der Waals surface area contributed by atoms with Crippen molar-refractivity contribution in [2.45, 2.75) is 50.1 Å². The summed E-state index contributed by atoms with van der Waals surface area (Å²) in [7, 11) is 0.